The van der Waals surface area contributed by atoms with Crippen molar-refractivity contribution in [2.75, 3.05) is 33.9 Å². The highest BCUT2D eigenvalue weighted by Gasteiger charge is 2.23. The molecule has 3 nitrogen and oxygen atoms in total. The molecular weight excluding hydrogens is 238 g/mol. The van der Waals surface area contributed by atoms with Crippen molar-refractivity contribution in [3.63, 3.8) is 0 Å². The first-order valence-corrected chi connectivity index (χ1v) is 7.22. The first-order chi connectivity index (χ1) is 9.28. The molecule has 1 aromatic carbocycles. The van der Waals surface area contributed by atoms with Crippen molar-refractivity contribution in [1.82, 2.24) is 4.90 Å². The maximum atomic E-state index is 5.52. The van der Waals surface area contributed by atoms with Gasteiger partial charge in [0, 0.05) is 18.0 Å². The topological polar surface area (TPSA) is 21.7 Å². The third-order valence-corrected chi connectivity index (χ3v) is 3.92. The summed E-state index contributed by atoms with van der Waals surface area (Å²) in [6, 6.07) is 6.13. The predicted molar refractivity (Wildman–Crippen MR) is 78.3 cm³/mol. The minimum absolute atomic E-state index is 0.561. The summed E-state index contributed by atoms with van der Waals surface area (Å²) in [5.41, 5.74) is 1.29. The van der Waals surface area contributed by atoms with Crippen LogP contribution in [0.3, 0.4) is 0 Å². The predicted octanol–water partition coefficient (Wildman–Crippen LogP) is 3.29. The molecule has 1 aliphatic heterocycles. The van der Waals surface area contributed by atoms with Crippen molar-refractivity contribution in [2.24, 2.45) is 0 Å². The summed E-state index contributed by atoms with van der Waals surface area (Å²) >= 11 is 0. The first kappa shape index (κ1) is 14.2. The normalized spacial score (nSPS) is 20.3. The lowest BCUT2D eigenvalue weighted by Gasteiger charge is -2.33. The van der Waals surface area contributed by atoms with Gasteiger partial charge in [0.15, 0.2) is 0 Å². The van der Waals surface area contributed by atoms with Gasteiger partial charge in [0.05, 0.1) is 14.2 Å². The first-order valence-electron chi connectivity index (χ1n) is 7.22. The molecule has 1 heterocycles. The van der Waals surface area contributed by atoms with Crippen molar-refractivity contribution >= 4 is 0 Å². The van der Waals surface area contributed by atoms with E-state index in [0.29, 0.717) is 5.92 Å². The lowest BCUT2D eigenvalue weighted by molar-refractivity contribution is 0.206. The van der Waals surface area contributed by atoms with E-state index in [9.17, 15) is 0 Å². The van der Waals surface area contributed by atoms with Crippen LogP contribution in [0.1, 0.15) is 37.7 Å². The summed E-state index contributed by atoms with van der Waals surface area (Å²) < 4.78 is 10.9. The fourth-order valence-corrected chi connectivity index (χ4v) is 2.99. The molecule has 106 valence electrons. The highest BCUT2D eigenvalue weighted by atomic mass is 16.5. The van der Waals surface area contributed by atoms with Crippen LogP contribution < -0.4 is 9.47 Å². The van der Waals surface area contributed by atoms with Crippen molar-refractivity contribution < 1.29 is 9.47 Å². The molecule has 1 aliphatic rings. The molecule has 1 fully saturated rings. The van der Waals surface area contributed by atoms with E-state index >= 15 is 0 Å². The molecule has 1 saturated heterocycles. The van der Waals surface area contributed by atoms with Crippen LogP contribution in [0.15, 0.2) is 18.2 Å². The Morgan fingerprint density at radius 1 is 1.26 bits per heavy atom. The third kappa shape index (κ3) is 3.41. The van der Waals surface area contributed by atoms with E-state index in [1.165, 1.54) is 37.9 Å². The van der Waals surface area contributed by atoms with E-state index in [4.69, 9.17) is 9.47 Å². The minimum Gasteiger partial charge on any atom is -0.497 e. The molecule has 0 aliphatic carbocycles. The summed E-state index contributed by atoms with van der Waals surface area (Å²) in [6.45, 7) is 5.81. The lowest BCUT2D eigenvalue weighted by Crippen LogP contribution is -2.34. The third-order valence-electron chi connectivity index (χ3n) is 3.92. The second-order valence-electron chi connectivity index (χ2n) is 5.25. The van der Waals surface area contributed by atoms with Crippen molar-refractivity contribution in [3.8, 4) is 11.5 Å². The standard InChI is InChI=1S/C16H25NO2/c1-4-9-17-10-5-6-13(12-17)15-11-14(18-2)7-8-16(15)19-3/h7-8,11,13H,4-6,9-10,12H2,1-3H3/t13-/m0/s1. The Balaban J connectivity index is 2.19. The molecule has 1 atom stereocenters. The fourth-order valence-electron chi connectivity index (χ4n) is 2.99. The average Bonchev–Trinajstić information content (AvgIpc) is 2.47. The zero-order valence-electron chi connectivity index (χ0n) is 12.3. The molecule has 3 heteroatoms. The van der Waals surface area contributed by atoms with Gasteiger partial charge in [0.1, 0.15) is 11.5 Å². The lowest BCUT2D eigenvalue weighted by atomic mass is 9.89. The maximum absolute atomic E-state index is 5.52. The number of nitrogens with zero attached hydrogens (tertiary/aromatic N) is 1. The SMILES string of the molecule is CCCN1CCC[C@H](c2cc(OC)ccc2OC)C1. The molecule has 0 amide bonds. The van der Waals surface area contributed by atoms with Gasteiger partial charge in [0.2, 0.25) is 0 Å². The molecule has 0 saturated carbocycles. The number of rotatable bonds is 5. The van der Waals surface area contributed by atoms with Crippen molar-refractivity contribution in [3.05, 3.63) is 23.8 Å². The highest BCUT2D eigenvalue weighted by molar-refractivity contribution is 5.42. The van der Waals surface area contributed by atoms with Crippen LogP contribution in [-0.2, 0) is 0 Å². The Labute approximate surface area is 116 Å². The molecule has 2 rings (SSSR count). The summed E-state index contributed by atoms with van der Waals surface area (Å²) in [5, 5.41) is 0. The van der Waals surface area contributed by atoms with Gasteiger partial charge < -0.3 is 14.4 Å². The van der Waals surface area contributed by atoms with Crippen molar-refractivity contribution in [2.45, 2.75) is 32.1 Å². The number of ether oxygens (including phenoxy) is 2. The molecular formula is C16H25NO2. The van der Waals surface area contributed by atoms with Gasteiger partial charge in [-0.25, -0.2) is 0 Å². The van der Waals surface area contributed by atoms with Gasteiger partial charge in [-0.15, -0.1) is 0 Å². The van der Waals surface area contributed by atoms with Gasteiger partial charge in [-0.2, -0.15) is 0 Å². The zero-order chi connectivity index (χ0) is 13.7. The van der Waals surface area contributed by atoms with Crippen LogP contribution in [0, 0.1) is 0 Å². The van der Waals surface area contributed by atoms with Crippen LogP contribution in [0.5, 0.6) is 11.5 Å². The molecule has 1 aromatic rings. The molecule has 0 bridgehead atoms. The van der Waals surface area contributed by atoms with Gasteiger partial charge in [0.25, 0.3) is 0 Å². The summed E-state index contributed by atoms with van der Waals surface area (Å²) in [5.74, 6) is 2.47. The second kappa shape index (κ2) is 6.80. The van der Waals surface area contributed by atoms with Crippen molar-refractivity contribution in [1.29, 1.82) is 0 Å². The van der Waals surface area contributed by atoms with E-state index in [2.05, 4.69) is 17.9 Å². The minimum atomic E-state index is 0.561. The van der Waals surface area contributed by atoms with Crippen LogP contribution in [-0.4, -0.2) is 38.8 Å². The quantitative estimate of drug-likeness (QED) is 0.813. The Hall–Kier alpha value is -1.22. The number of likely N-dealkylation sites (tertiary alicyclic amines) is 1. The Morgan fingerprint density at radius 3 is 2.79 bits per heavy atom. The number of methoxy groups -OCH3 is 2. The van der Waals surface area contributed by atoms with Gasteiger partial charge in [-0.3, -0.25) is 0 Å². The largest absolute Gasteiger partial charge is 0.497 e. The van der Waals surface area contributed by atoms with Gasteiger partial charge in [-0.1, -0.05) is 6.92 Å². The summed E-state index contributed by atoms with van der Waals surface area (Å²) in [7, 11) is 3.47. The monoisotopic (exact) mass is 263 g/mol. The van der Waals surface area contributed by atoms with Crippen LogP contribution in [0.25, 0.3) is 0 Å². The molecule has 0 spiro atoms. The van der Waals surface area contributed by atoms with E-state index in [1.54, 1.807) is 14.2 Å². The number of benzene rings is 1. The highest BCUT2D eigenvalue weighted by Crippen LogP contribution is 2.35. The van der Waals surface area contributed by atoms with Crippen LogP contribution >= 0.6 is 0 Å². The summed E-state index contributed by atoms with van der Waals surface area (Å²) in [4.78, 5) is 2.56. The van der Waals surface area contributed by atoms with E-state index in [1.807, 2.05) is 12.1 Å². The number of hydrogen-bond donors (Lipinski definition) is 0. The summed E-state index contributed by atoms with van der Waals surface area (Å²) in [6.07, 6.45) is 3.73. The number of piperidine rings is 1. The Morgan fingerprint density at radius 2 is 2.11 bits per heavy atom. The van der Waals surface area contributed by atoms with E-state index in [0.717, 1.165) is 18.0 Å². The van der Waals surface area contributed by atoms with Gasteiger partial charge in [-0.05, 0) is 50.6 Å². The Kier molecular flexibility index (Phi) is 5.08. The van der Waals surface area contributed by atoms with E-state index < -0.39 is 0 Å². The van der Waals surface area contributed by atoms with Gasteiger partial charge >= 0.3 is 0 Å². The Bertz CT molecular complexity index is 404. The fraction of sp³-hybridized carbons (Fsp3) is 0.625. The molecule has 0 radical (unpaired) electrons. The maximum Gasteiger partial charge on any atom is 0.122 e. The zero-order valence-corrected chi connectivity index (χ0v) is 12.3. The average molecular weight is 263 g/mol. The van der Waals surface area contributed by atoms with Crippen LogP contribution in [0.2, 0.25) is 0 Å². The van der Waals surface area contributed by atoms with Crippen LogP contribution in [0.4, 0.5) is 0 Å². The molecule has 0 unspecified atom stereocenters. The number of hydrogen-bond acceptors (Lipinski definition) is 3. The van der Waals surface area contributed by atoms with E-state index in [-0.39, 0.29) is 0 Å². The molecule has 19 heavy (non-hydrogen) atoms. The molecule has 0 N–H and O–H groups in total. The smallest absolute Gasteiger partial charge is 0.122 e. The second-order valence-corrected chi connectivity index (χ2v) is 5.25. The molecule has 0 aromatic heterocycles.